The number of aromatic nitrogens is 2. The van der Waals surface area contributed by atoms with Crippen molar-refractivity contribution in [1.82, 2.24) is 9.78 Å². The minimum absolute atomic E-state index is 0.0854. The second-order valence-corrected chi connectivity index (χ2v) is 5.60. The van der Waals surface area contributed by atoms with E-state index in [1.54, 1.807) is 7.05 Å². The first kappa shape index (κ1) is 17.1. The molecule has 0 unspecified atom stereocenters. The van der Waals surface area contributed by atoms with Gasteiger partial charge in [0, 0.05) is 25.6 Å². The third-order valence-corrected chi connectivity index (χ3v) is 3.75. The smallest absolute Gasteiger partial charge is 0.294 e. The van der Waals surface area contributed by atoms with Gasteiger partial charge in [-0.2, -0.15) is 0 Å². The Balaban J connectivity index is 1.97. The molecule has 9 nitrogen and oxygen atoms in total. The SMILES string of the molecule is Cn1[nH]c(Cc2ccccc2)c(N=Nc2cc([N+](=O)[O-])ccc2O)c1=O. The van der Waals surface area contributed by atoms with Crippen molar-refractivity contribution in [2.24, 2.45) is 17.3 Å². The molecule has 0 atom stereocenters. The van der Waals surface area contributed by atoms with E-state index in [0.717, 1.165) is 23.8 Å². The monoisotopic (exact) mass is 353 g/mol. The van der Waals surface area contributed by atoms with Crippen LogP contribution in [0.4, 0.5) is 17.1 Å². The van der Waals surface area contributed by atoms with Crippen LogP contribution in [0.1, 0.15) is 11.3 Å². The standard InChI is InChI=1S/C17H15N5O4/c1-21-17(24)16(14(20-21)9-11-5-3-2-4-6-11)19-18-13-10-12(22(25)26)7-8-15(13)23/h2-8,10,20,23H,9H2,1H3. The molecule has 0 spiro atoms. The van der Waals surface area contributed by atoms with Crippen LogP contribution >= 0.6 is 0 Å². The van der Waals surface area contributed by atoms with E-state index < -0.39 is 4.92 Å². The number of benzene rings is 2. The van der Waals surface area contributed by atoms with E-state index >= 15 is 0 Å². The van der Waals surface area contributed by atoms with Gasteiger partial charge in [-0.1, -0.05) is 30.3 Å². The highest BCUT2D eigenvalue weighted by Gasteiger charge is 2.14. The summed E-state index contributed by atoms with van der Waals surface area (Å²) in [5.74, 6) is -0.267. The average molecular weight is 353 g/mol. The number of H-pyrrole nitrogens is 1. The van der Waals surface area contributed by atoms with Crippen molar-refractivity contribution < 1.29 is 10.0 Å². The number of phenolic OH excluding ortho intramolecular Hbond substituents is 1. The molecule has 26 heavy (non-hydrogen) atoms. The summed E-state index contributed by atoms with van der Waals surface area (Å²) < 4.78 is 1.28. The highest BCUT2D eigenvalue weighted by Crippen LogP contribution is 2.31. The minimum atomic E-state index is -0.603. The Bertz CT molecular complexity index is 1040. The molecule has 2 aromatic carbocycles. The lowest BCUT2D eigenvalue weighted by atomic mass is 10.1. The van der Waals surface area contributed by atoms with Crippen molar-refractivity contribution in [3.63, 3.8) is 0 Å². The second-order valence-electron chi connectivity index (χ2n) is 5.60. The van der Waals surface area contributed by atoms with Crippen molar-refractivity contribution in [2.45, 2.75) is 6.42 Å². The van der Waals surface area contributed by atoms with Crippen LogP contribution in [0.5, 0.6) is 5.75 Å². The predicted molar refractivity (Wildman–Crippen MR) is 94.2 cm³/mol. The number of aromatic hydroxyl groups is 1. The quantitative estimate of drug-likeness (QED) is 0.414. The van der Waals surface area contributed by atoms with Gasteiger partial charge in [0.15, 0.2) is 5.69 Å². The molecule has 3 aromatic rings. The number of non-ortho nitro benzene ring substituents is 1. The van der Waals surface area contributed by atoms with Crippen LogP contribution in [0.2, 0.25) is 0 Å². The van der Waals surface area contributed by atoms with Gasteiger partial charge in [-0.15, -0.1) is 10.2 Å². The molecule has 3 rings (SSSR count). The van der Waals surface area contributed by atoms with E-state index in [-0.39, 0.29) is 28.4 Å². The Morgan fingerprint density at radius 1 is 1.19 bits per heavy atom. The van der Waals surface area contributed by atoms with Crippen LogP contribution in [0.3, 0.4) is 0 Å². The molecular weight excluding hydrogens is 338 g/mol. The number of nitro groups is 1. The fraction of sp³-hybridized carbons (Fsp3) is 0.118. The van der Waals surface area contributed by atoms with Gasteiger partial charge in [-0.25, -0.2) is 0 Å². The van der Waals surface area contributed by atoms with Crippen LogP contribution in [0.15, 0.2) is 63.6 Å². The first-order valence-electron chi connectivity index (χ1n) is 7.66. The summed E-state index contributed by atoms with van der Waals surface area (Å²) in [6.07, 6.45) is 0.437. The summed E-state index contributed by atoms with van der Waals surface area (Å²) in [5, 5.41) is 31.3. The number of hydrogen-bond donors (Lipinski definition) is 2. The number of rotatable bonds is 5. The summed E-state index contributed by atoms with van der Waals surface area (Å²) in [6.45, 7) is 0. The maximum atomic E-state index is 12.3. The minimum Gasteiger partial charge on any atom is -0.506 e. The molecule has 0 aliphatic heterocycles. The molecule has 0 aliphatic rings. The molecule has 1 heterocycles. The molecule has 0 bridgehead atoms. The topological polar surface area (TPSA) is 126 Å². The van der Waals surface area contributed by atoms with E-state index in [4.69, 9.17) is 0 Å². The van der Waals surface area contributed by atoms with Gasteiger partial charge in [-0.3, -0.25) is 24.7 Å². The van der Waals surface area contributed by atoms with Crippen molar-refractivity contribution in [3.05, 3.63) is 80.3 Å². The summed E-state index contributed by atoms with van der Waals surface area (Å²) >= 11 is 0. The first-order valence-corrected chi connectivity index (χ1v) is 7.66. The van der Waals surface area contributed by atoms with Crippen LogP contribution in [-0.4, -0.2) is 19.8 Å². The van der Waals surface area contributed by atoms with Crippen LogP contribution in [0, 0.1) is 10.1 Å². The largest absolute Gasteiger partial charge is 0.506 e. The maximum Gasteiger partial charge on any atom is 0.294 e. The lowest BCUT2D eigenvalue weighted by Crippen LogP contribution is -2.10. The zero-order valence-electron chi connectivity index (χ0n) is 13.8. The number of phenols is 1. The highest BCUT2D eigenvalue weighted by molar-refractivity contribution is 5.57. The molecule has 0 fully saturated rings. The zero-order valence-corrected chi connectivity index (χ0v) is 13.8. The number of aryl methyl sites for hydroxylation is 1. The van der Waals surface area contributed by atoms with E-state index in [1.165, 1.54) is 4.68 Å². The molecular formula is C17H15N5O4. The van der Waals surface area contributed by atoms with Gasteiger partial charge >= 0.3 is 0 Å². The van der Waals surface area contributed by atoms with Crippen molar-refractivity contribution >= 4 is 17.1 Å². The third-order valence-electron chi connectivity index (χ3n) is 3.75. The Labute approximate surface area is 147 Å². The van der Waals surface area contributed by atoms with E-state index in [9.17, 15) is 20.0 Å². The van der Waals surface area contributed by atoms with Crippen molar-refractivity contribution in [1.29, 1.82) is 0 Å². The summed E-state index contributed by atoms with van der Waals surface area (Å²) in [5.41, 5.74) is 0.907. The molecule has 1 aromatic heterocycles. The summed E-state index contributed by atoms with van der Waals surface area (Å²) in [6, 6.07) is 12.9. The molecule has 2 N–H and O–H groups in total. The van der Waals surface area contributed by atoms with Gasteiger partial charge in [0.25, 0.3) is 11.2 Å². The fourth-order valence-electron chi connectivity index (χ4n) is 2.43. The Morgan fingerprint density at radius 3 is 2.62 bits per heavy atom. The maximum absolute atomic E-state index is 12.3. The van der Waals surface area contributed by atoms with E-state index in [2.05, 4.69) is 15.3 Å². The number of hydrogen-bond acceptors (Lipinski definition) is 6. The van der Waals surface area contributed by atoms with Gasteiger partial charge in [0.2, 0.25) is 0 Å². The second kappa shape index (κ2) is 7.01. The fourth-order valence-corrected chi connectivity index (χ4v) is 2.43. The molecule has 0 aliphatic carbocycles. The van der Waals surface area contributed by atoms with E-state index in [1.807, 2.05) is 30.3 Å². The Kier molecular flexibility index (Phi) is 4.61. The molecule has 0 radical (unpaired) electrons. The Morgan fingerprint density at radius 2 is 1.92 bits per heavy atom. The van der Waals surface area contributed by atoms with Crippen molar-refractivity contribution in [2.75, 3.05) is 0 Å². The van der Waals surface area contributed by atoms with E-state index in [0.29, 0.717) is 12.1 Å². The number of nitrogens with one attached hydrogen (secondary N) is 1. The van der Waals surface area contributed by atoms with Crippen LogP contribution in [-0.2, 0) is 13.5 Å². The normalized spacial score (nSPS) is 11.1. The van der Waals surface area contributed by atoms with Crippen LogP contribution < -0.4 is 5.56 Å². The number of nitro benzene ring substituents is 1. The lowest BCUT2D eigenvalue weighted by molar-refractivity contribution is -0.384. The molecule has 0 saturated carbocycles. The summed E-state index contributed by atoms with van der Waals surface area (Å²) in [7, 11) is 1.56. The first-order chi connectivity index (χ1) is 12.5. The van der Waals surface area contributed by atoms with Crippen LogP contribution in [0.25, 0.3) is 0 Å². The zero-order chi connectivity index (χ0) is 18.7. The molecule has 9 heteroatoms. The summed E-state index contributed by atoms with van der Waals surface area (Å²) in [4.78, 5) is 22.5. The molecule has 0 amide bonds. The van der Waals surface area contributed by atoms with Gasteiger partial charge in [0.05, 0.1) is 10.6 Å². The van der Waals surface area contributed by atoms with Gasteiger partial charge in [-0.05, 0) is 11.6 Å². The van der Waals surface area contributed by atoms with Crippen molar-refractivity contribution in [3.8, 4) is 5.75 Å². The van der Waals surface area contributed by atoms with Gasteiger partial charge in [0.1, 0.15) is 11.4 Å². The number of nitrogens with zero attached hydrogens (tertiary/aromatic N) is 4. The third kappa shape index (κ3) is 3.51. The lowest BCUT2D eigenvalue weighted by Gasteiger charge is -2.00. The molecule has 0 saturated heterocycles. The molecule has 132 valence electrons. The Hall–Kier alpha value is -3.75. The predicted octanol–water partition coefficient (Wildman–Crippen LogP) is 3.33. The highest BCUT2D eigenvalue weighted by atomic mass is 16.6. The average Bonchev–Trinajstić information content (AvgIpc) is 2.88. The van der Waals surface area contributed by atoms with Gasteiger partial charge < -0.3 is 5.11 Å². The number of aromatic amines is 1. The number of azo groups is 1.